The Morgan fingerprint density at radius 2 is 2.00 bits per heavy atom. The van der Waals surface area contributed by atoms with E-state index in [0.717, 1.165) is 25.7 Å². The summed E-state index contributed by atoms with van der Waals surface area (Å²) in [5.74, 6) is 1.67. The highest BCUT2D eigenvalue weighted by molar-refractivity contribution is 5.01. The van der Waals surface area contributed by atoms with Crippen molar-refractivity contribution in [1.29, 1.82) is 1.43 Å². The number of hydrogen-bond donors (Lipinski definition) is 3. The molecule has 0 bridgehead atoms. The van der Waals surface area contributed by atoms with E-state index in [1.54, 1.807) is 0 Å². The lowest BCUT2D eigenvalue weighted by molar-refractivity contribution is -0.0307. The first kappa shape index (κ1) is 13.8. The number of fused-ring (bicyclic) bond motifs is 1. The summed E-state index contributed by atoms with van der Waals surface area (Å²) in [6, 6.07) is 0. The number of hydrogen-bond acceptors (Lipinski definition) is 3. The molecule has 0 aliphatic heterocycles. The Bertz CT molecular complexity index is 308. The van der Waals surface area contributed by atoms with Crippen molar-refractivity contribution in [1.82, 2.24) is 0 Å². The molecule has 0 aromatic carbocycles. The minimum Gasteiger partial charge on any atom is -0.396 e. The lowest BCUT2D eigenvalue weighted by atomic mass is 9.61. The fourth-order valence-corrected chi connectivity index (χ4v) is 4.99. The van der Waals surface area contributed by atoms with Crippen LogP contribution in [0.3, 0.4) is 0 Å². The smallest absolute Gasteiger partial charge is 0.210 e. The maximum absolute atomic E-state index is 9.29. The molecule has 0 radical (unpaired) electrons. The molecule has 0 aromatic heterocycles. The number of rotatable bonds is 6. The van der Waals surface area contributed by atoms with E-state index in [9.17, 15) is 10.2 Å². The van der Waals surface area contributed by atoms with Gasteiger partial charge in [0.25, 0.3) is 0 Å². The average molecular weight is 272 g/mol. The van der Waals surface area contributed by atoms with Gasteiger partial charge in [-0.1, -0.05) is 20.3 Å². The van der Waals surface area contributed by atoms with E-state index < -0.39 is 0 Å². The Labute approximate surface area is 118 Å². The van der Waals surface area contributed by atoms with E-state index in [1.165, 1.54) is 12.8 Å². The lowest BCUT2D eigenvalue weighted by Gasteiger charge is -2.45. The zero-order chi connectivity index (χ0) is 14.8. The summed E-state index contributed by atoms with van der Waals surface area (Å²) in [6.45, 7) is 4.80. The average Bonchev–Trinajstić information content (AvgIpc) is 2.81. The second-order valence-corrected chi connectivity index (χ2v) is 7.17. The predicted molar refractivity (Wildman–Crippen MR) is 75.6 cm³/mol. The van der Waals surface area contributed by atoms with Gasteiger partial charge in [0.15, 0.2) is 0 Å². The Kier molecular flexibility index (Phi) is 4.45. The van der Waals surface area contributed by atoms with Crippen LogP contribution in [-0.2, 0) is 0 Å². The summed E-state index contributed by atoms with van der Waals surface area (Å²) < 4.78 is 7.32. The monoisotopic (exact) mass is 272 g/mol. The topological polar surface area (TPSA) is 60.7 Å². The first-order valence-electron chi connectivity index (χ1n) is 8.31. The second-order valence-electron chi connectivity index (χ2n) is 7.17. The third-order valence-corrected chi connectivity index (χ3v) is 6.04. The van der Waals surface area contributed by atoms with Crippen LogP contribution in [0.15, 0.2) is 0 Å². The van der Waals surface area contributed by atoms with E-state index in [-0.39, 0.29) is 30.7 Å². The number of aliphatic hydroxyl groups excluding tert-OH is 3. The van der Waals surface area contributed by atoms with E-state index >= 15 is 0 Å². The fourth-order valence-electron chi connectivity index (χ4n) is 4.99. The fraction of sp³-hybridized carbons (Fsp3) is 1.00. The molecule has 112 valence electrons. The SMILES string of the molecule is [3H]O[C@H]1CCC[C@@]2(C)C1CC[C@@H]2[C@H](C)CC(CO)CO. The Hall–Kier alpha value is -0.120. The molecule has 0 heterocycles. The molecule has 3 heteroatoms. The molecule has 0 amide bonds. The van der Waals surface area contributed by atoms with Crippen LogP contribution < -0.4 is 0 Å². The van der Waals surface area contributed by atoms with Gasteiger partial charge in [-0.2, -0.15) is 0 Å². The quantitative estimate of drug-likeness (QED) is 0.694. The van der Waals surface area contributed by atoms with Gasteiger partial charge in [0.05, 0.1) is 6.10 Å². The van der Waals surface area contributed by atoms with Gasteiger partial charge in [-0.3, -0.25) is 0 Å². The first-order chi connectivity index (χ1) is 9.56. The van der Waals surface area contributed by atoms with E-state index in [4.69, 9.17) is 6.54 Å². The van der Waals surface area contributed by atoms with Gasteiger partial charge in [0.2, 0.25) is 1.43 Å². The van der Waals surface area contributed by atoms with Crippen LogP contribution in [0.2, 0.25) is 0 Å². The third-order valence-electron chi connectivity index (χ3n) is 6.04. The van der Waals surface area contributed by atoms with Crippen molar-refractivity contribution in [3.63, 3.8) is 0 Å². The van der Waals surface area contributed by atoms with Gasteiger partial charge < -0.3 is 15.3 Å². The second kappa shape index (κ2) is 6.11. The highest BCUT2D eigenvalue weighted by atomic mass is 16.3. The Morgan fingerprint density at radius 3 is 2.63 bits per heavy atom. The van der Waals surface area contributed by atoms with Crippen LogP contribution in [0.5, 0.6) is 0 Å². The van der Waals surface area contributed by atoms with Crippen molar-refractivity contribution < 1.29 is 15.3 Å². The summed E-state index contributed by atoms with van der Waals surface area (Å²) in [5, 5.41) is 23.6. The molecule has 1 unspecified atom stereocenters. The zero-order valence-corrected chi connectivity index (χ0v) is 12.3. The standard InChI is InChI=1S/C16H30O3/c1-11(8-12(9-17)10-18)13-5-6-14-15(19)4-3-7-16(13,14)2/h11-15,17-19H,3-10H2,1-2H3/t11-,13-,14?,15+,16-/m1/s1/i19T. The molecule has 2 aliphatic rings. The molecular weight excluding hydrogens is 240 g/mol. The normalized spacial score (nSPS) is 41.1. The molecule has 3 N–H and O–H groups in total. The number of aliphatic hydroxyl groups is 3. The summed E-state index contributed by atoms with van der Waals surface area (Å²) in [4.78, 5) is 0. The van der Waals surface area contributed by atoms with Gasteiger partial charge >= 0.3 is 0 Å². The van der Waals surface area contributed by atoms with Gasteiger partial charge in [0.1, 0.15) is 0 Å². The highest BCUT2D eigenvalue weighted by Crippen LogP contribution is 2.58. The summed E-state index contributed by atoms with van der Waals surface area (Å²) in [7, 11) is 0. The molecule has 0 spiro atoms. The van der Waals surface area contributed by atoms with Crippen LogP contribution in [0.4, 0.5) is 0 Å². The summed E-state index contributed by atoms with van der Waals surface area (Å²) >= 11 is 0. The predicted octanol–water partition coefficient (Wildman–Crippen LogP) is 2.19. The Morgan fingerprint density at radius 1 is 1.26 bits per heavy atom. The van der Waals surface area contributed by atoms with Crippen LogP contribution in [0, 0.1) is 29.1 Å². The van der Waals surface area contributed by atoms with Crippen molar-refractivity contribution in [2.24, 2.45) is 29.1 Å². The molecule has 2 fully saturated rings. The van der Waals surface area contributed by atoms with Gasteiger partial charge in [-0.25, -0.2) is 0 Å². The van der Waals surface area contributed by atoms with Crippen molar-refractivity contribution in [2.45, 2.75) is 58.5 Å². The Balaban J connectivity index is 2.05. The van der Waals surface area contributed by atoms with Gasteiger partial charge in [0, 0.05) is 19.1 Å². The molecule has 0 aromatic rings. The van der Waals surface area contributed by atoms with Crippen molar-refractivity contribution >= 4 is 0 Å². The third kappa shape index (κ3) is 2.84. The maximum atomic E-state index is 9.29. The maximum Gasteiger partial charge on any atom is 0.210 e. The van der Waals surface area contributed by atoms with Crippen molar-refractivity contribution in [3.05, 3.63) is 0 Å². The lowest BCUT2D eigenvalue weighted by Crippen LogP contribution is -2.41. The van der Waals surface area contributed by atoms with Crippen molar-refractivity contribution in [3.8, 4) is 0 Å². The molecule has 2 aliphatic carbocycles. The van der Waals surface area contributed by atoms with Gasteiger partial charge in [-0.05, 0) is 55.3 Å². The van der Waals surface area contributed by atoms with E-state index in [1.807, 2.05) is 0 Å². The van der Waals surface area contributed by atoms with Crippen LogP contribution in [0.1, 0.15) is 52.4 Å². The van der Waals surface area contributed by atoms with E-state index in [0.29, 0.717) is 17.8 Å². The highest BCUT2D eigenvalue weighted by Gasteiger charge is 2.52. The minimum absolute atomic E-state index is 0.0134. The molecular formula is C16H30O3. The molecule has 3 nitrogen and oxygen atoms in total. The summed E-state index contributed by atoms with van der Waals surface area (Å²) in [5.41, 5.74) is 0.277. The molecule has 19 heavy (non-hydrogen) atoms. The first-order valence-corrected chi connectivity index (χ1v) is 7.90. The molecule has 2 rings (SSSR count). The zero-order valence-electron chi connectivity index (χ0n) is 13.3. The van der Waals surface area contributed by atoms with Crippen molar-refractivity contribution in [2.75, 3.05) is 13.2 Å². The minimum atomic E-state index is 0.0134. The van der Waals surface area contributed by atoms with Crippen LogP contribution >= 0.6 is 0 Å². The molecule has 2 saturated carbocycles. The van der Waals surface area contributed by atoms with Crippen LogP contribution in [0.25, 0.3) is 0 Å². The van der Waals surface area contributed by atoms with Crippen LogP contribution in [-0.4, -0.2) is 36.1 Å². The molecule has 0 saturated heterocycles. The molecule has 5 atom stereocenters. The largest absolute Gasteiger partial charge is 0.396 e. The van der Waals surface area contributed by atoms with Gasteiger partial charge in [-0.15, -0.1) is 0 Å². The van der Waals surface area contributed by atoms with E-state index in [2.05, 4.69) is 13.8 Å². The summed E-state index contributed by atoms with van der Waals surface area (Å²) in [6.07, 6.45) is 6.78.